The molecule has 5 nitrogen and oxygen atoms in total. The number of hydrogen-bond donors (Lipinski definition) is 4. The summed E-state index contributed by atoms with van der Waals surface area (Å²) < 4.78 is 0. The molecule has 180 valence electrons. The highest BCUT2D eigenvalue weighted by atomic mass is 16.3. The quantitative estimate of drug-likeness (QED) is 0.497. The first kappa shape index (κ1) is 25.4. The van der Waals surface area contributed by atoms with Crippen LogP contribution in [-0.4, -0.2) is 50.1 Å². The van der Waals surface area contributed by atoms with Gasteiger partial charge in [-0.05, 0) is 93.1 Å². The molecular weight excluding hydrogens is 404 g/mol. The zero-order valence-electron chi connectivity index (χ0n) is 20.2. The van der Waals surface area contributed by atoms with Gasteiger partial charge in [-0.25, -0.2) is 0 Å². The highest BCUT2D eigenvalue weighted by molar-refractivity contribution is 5.89. The summed E-state index contributed by atoms with van der Waals surface area (Å²) in [5.74, 6) is 0.570. The second kappa shape index (κ2) is 9.54. The van der Waals surface area contributed by atoms with Crippen LogP contribution in [-0.2, 0) is 4.79 Å². The van der Waals surface area contributed by atoms with Crippen LogP contribution in [0.3, 0.4) is 0 Å². The van der Waals surface area contributed by atoms with Gasteiger partial charge in [-0.2, -0.15) is 0 Å². The summed E-state index contributed by atoms with van der Waals surface area (Å²) >= 11 is 0. The van der Waals surface area contributed by atoms with Gasteiger partial charge >= 0.3 is 0 Å². The van der Waals surface area contributed by atoms with Gasteiger partial charge in [0.2, 0.25) is 0 Å². The van der Waals surface area contributed by atoms with E-state index in [2.05, 4.69) is 32.6 Å². The van der Waals surface area contributed by atoms with Crippen molar-refractivity contribution in [2.24, 2.45) is 23.2 Å². The van der Waals surface area contributed by atoms with Crippen LogP contribution in [0.5, 0.6) is 0 Å². The van der Waals surface area contributed by atoms with E-state index in [1.54, 1.807) is 0 Å². The van der Waals surface area contributed by atoms with Crippen molar-refractivity contribution < 1.29 is 25.2 Å². The molecule has 4 N–H and O–H groups in total. The number of allylic oxidation sites excluding steroid dienone is 3. The highest BCUT2D eigenvalue weighted by Gasteiger charge is 2.51. The molecule has 0 radical (unpaired) electrons. The molecule has 3 fully saturated rings. The van der Waals surface area contributed by atoms with Crippen LogP contribution in [0.2, 0.25) is 0 Å². The van der Waals surface area contributed by atoms with Gasteiger partial charge in [0.25, 0.3) is 0 Å². The summed E-state index contributed by atoms with van der Waals surface area (Å²) in [4.78, 5) is 12.3. The van der Waals surface area contributed by atoms with Crippen LogP contribution in [0.25, 0.3) is 0 Å². The van der Waals surface area contributed by atoms with Crippen molar-refractivity contribution in [1.82, 2.24) is 0 Å². The lowest BCUT2D eigenvalue weighted by Gasteiger charge is -2.44. The van der Waals surface area contributed by atoms with Crippen LogP contribution in [0.4, 0.5) is 0 Å². The first-order chi connectivity index (χ1) is 14.8. The molecular formula is C27H42O5. The Morgan fingerprint density at radius 1 is 1.28 bits per heavy atom. The Morgan fingerprint density at radius 3 is 2.62 bits per heavy atom. The summed E-state index contributed by atoms with van der Waals surface area (Å²) in [6, 6.07) is 0. The summed E-state index contributed by atoms with van der Waals surface area (Å²) in [5, 5.41) is 40.6. The molecule has 0 heterocycles. The predicted molar refractivity (Wildman–Crippen MR) is 126 cm³/mol. The Balaban J connectivity index is 1.75. The van der Waals surface area contributed by atoms with Crippen molar-refractivity contribution in [2.75, 3.05) is 0 Å². The Hall–Kier alpha value is -1.27. The minimum Gasteiger partial charge on any atom is -0.393 e. The predicted octanol–water partition coefficient (Wildman–Crippen LogP) is 3.85. The molecule has 0 aromatic heterocycles. The molecule has 0 aliphatic heterocycles. The Kier molecular flexibility index (Phi) is 7.56. The van der Waals surface area contributed by atoms with Gasteiger partial charge in [0, 0.05) is 6.42 Å². The fourth-order valence-electron chi connectivity index (χ4n) is 6.71. The third-order valence-electron chi connectivity index (χ3n) is 8.49. The molecule has 3 saturated carbocycles. The zero-order chi connectivity index (χ0) is 23.8. The van der Waals surface area contributed by atoms with Crippen molar-refractivity contribution in [1.29, 1.82) is 0 Å². The minimum atomic E-state index is -1.51. The molecule has 0 saturated heterocycles. The molecule has 0 aromatic rings. The number of aliphatic hydroxyl groups is 4. The van der Waals surface area contributed by atoms with Crippen molar-refractivity contribution >= 4 is 5.78 Å². The average Bonchev–Trinajstić information content (AvgIpc) is 3.05. The topological polar surface area (TPSA) is 98.0 Å². The molecule has 5 heteroatoms. The maximum atomic E-state index is 12.3. The number of carbonyl (C=O) groups is 1. The molecule has 3 rings (SSSR count). The van der Waals surface area contributed by atoms with E-state index in [-0.39, 0.29) is 11.3 Å². The van der Waals surface area contributed by atoms with Crippen LogP contribution < -0.4 is 0 Å². The van der Waals surface area contributed by atoms with E-state index in [9.17, 15) is 25.2 Å². The molecule has 0 spiro atoms. The number of carbonyl (C=O) groups excluding carboxylic acids is 1. The van der Waals surface area contributed by atoms with Crippen LogP contribution in [0, 0.1) is 23.2 Å². The fourth-order valence-corrected chi connectivity index (χ4v) is 6.71. The van der Waals surface area contributed by atoms with Gasteiger partial charge in [0.15, 0.2) is 5.78 Å². The van der Waals surface area contributed by atoms with E-state index in [0.29, 0.717) is 36.7 Å². The smallest absolute Gasteiger partial charge is 0.192 e. The number of ketones is 1. The van der Waals surface area contributed by atoms with E-state index in [1.807, 2.05) is 0 Å². The van der Waals surface area contributed by atoms with E-state index in [0.717, 1.165) is 37.7 Å². The number of aliphatic hydroxyl groups excluding tert-OH is 3. The highest BCUT2D eigenvalue weighted by Crippen LogP contribution is 2.59. The summed E-state index contributed by atoms with van der Waals surface area (Å²) in [6.45, 7) is 11.4. The Labute approximate surface area is 192 Å². The number of Topliss-reactive ketones (excluding diaryl/α,β-unsaturated/α-hetero) is 1. The first-order valence-electron chi connectivity index (χ1n) is 12.2. The van der Waals surface area contributed by atoms with E-state index in [4.69, 9.17) is 0 Å². The fraction of sp³-hybridized carbons (Fsp3) is 0.741. The molecule has 1 unspecified atom stereocenters. The van der Waals surface area contributed by atoms with E-state index < -0.39 is 29.7 Å². The molecule has 0 bridgehead atoms. The molecule has 0 aromatic carbocycles. The minimum absolute atomic E-state index is 0.127. The molecule has 32 heavy (non-hydrogen) atoms. The van der Waals surface area contributed by atoms with E-state index in [1.165, 1.54) is 19.4 Å². The largest absolute Gasteiger partial charge is 0.393 e. The van der Waals surface area contributed by atoms with Gasteiger partial charge in [0.1, 0.15) is 11.7 Å². The number of fused-ring (bicyclic) bond motifs is 1. The molecule has 3 aliphatic rings. The zero-order valence-corrected chi connectivity index (χ0v) is 20.2. The van der Waals surface area contributed by atoms with Crippen LogP contribution >= 0.6 is 0 Å². The second-order valence-corrected chi connectivity index (χ2v) is 11.3. The van der Waals surface area contributed by atoms with Crippen LogP contribution in [0.15, 0.2) is 35.5 Å². The van der Waals surface area contributed by atoms with Gasteiger partial charge in [-0.3, -0.25) is 4.79 Å². The summed E-state index contributed by atoms with van der Waals surface area (Å²) in [6.07, 6.45) is 8.69. The standard InChI is InChI=1S/C27H42O5/c1-16(13-24(30)25(31)26(3,4)32)21-10-11-22-18(7-6-12-27(21,22)5)8-9-19-14-20(28)15-23(29)17(19)2/h8-9,16,20-24,28-30,32H,2,6-7,10-15H2,1,3-5H3/b18-8+,19-9-/t16-,20-,21-,22+,23+,24?,27-/m1/s1. The average molecular weight is 447 g/mol. The second-order valence-electron chi connectivity index (χ2n) is 11.3. The van der Waals surface area contributed by atoms with Crippen molar-refractivity contribution in [3.05, 3.63) is 35.5 Å². The number of rotatable bonds is 6. The lowest BCUT2D eigenvalue weighted by atomic mass is 9.60. The van der Waals surface area contributed by atoms with Crippen molar-refractivity contribution in [3.8, 4) is 0 Å². The monoisotopic (exact) mass is 446 g/mol. The molecule has 3 aliphatic carbocycles. The third-order valence-corrected chi connectivity index (χ3v) is 8.49. The summed E-state index contributed by atoms with van der Waals surface area (Å²) in [7, 11) is 0. The maximum absolute atomic E-state index is 12.3. The molecule has 0 amide bonds. The third kappa shape index (κ3) is 5.11. The van der Waals surface area contributed by atoms with Crippen molar-refractivity contribution in [2.45, 2.75) is 103 Å². The Bertz CT molecular complexity index is 788. The number of hydrogen-bond acceptors (Lipinski definition) is 5. The van der Waals surface area contributed by atoms with Crippen molar-refractivity contribution in [3.63, 3.8) is 0 Å². The normalized spacial score (nSPS) is 38.1. The van der Waals surface area contributed by atoms with Gasteiger partial charge in [0.05, 0.1) is 12.2 Å². The van der Waals surface area contributed by atoms with Gasteiger partial charge < -0.3 is 20.4 Å². The SMILES string of the molecule is C=C1/C(=C\C=C2/CCC[C@]3(C)[C@@H]([C@H](C)CC(O)C(=O)C(C)(C)O)CC[C@@H]23)C[C@@H](O)C[C@@H]1O. The first-order valence-corrected chi connectivity index (χ1v) is 12.2. The lowest BCUT2D eigenvalue weighted by molar-refractivity contribution is -0.144. The van der Waals surface area contributed by atoms with Crippen LogP contribution in [0.1, 0.15) is 79.1 Å². The maximum Gasteiger partial charge on any atom is 0.192 e. The lowest BCUT2D eigenvalue weighted by Crippen LogP contribution is -2.42. The van der Waals surface area contributed by atoms with Gasteiger partial charge in [-0.1, -0.05) is 38.2 Å². The summed E-state index contributed by atoms with van der Waals surface area (Å²) in [5.41, 5.74) is 1.69. The van der Waals surface area contributed by atoms with E-state index >= 15 is 0 Å². The molecule has 7 atom stereocenters. The van der Waals surface area contributed by atoms with Gasteiger partial charge in [-0.15, -0.1) is 0 Å². The Morgan fingerprint density at radius 2 is 1.97 bits per heavy atom.